The summed E-state index contributed by atoms with van der Waals surface area (Å²) in [6.07, 6.45) is 1.40. The molecule has 2 aromatic carbocycles. The van der Waals surface area contributed by atoms with Crippen molar-refractivity contribution in [3.63, 3.8) is 0 Å². The van der Waals surface area contributed by atoms with Crippen LogP contribution in [-0.2, 0) is 9.53 Å². The predicted molar refractivity (Wildman–Crippen MR) is 113 cm³/mol. The van der Waals surface area contributed by atoms with Crippen molar-refractivity contribution in [1.29, 1.82) is 0 Å². The first-order valence-corrected chi connectivity index (χ1v) is 9.47. The van der Waals surface area contributed by atoms with E-state index >= 15 is 0 Å². The van der Waals surface area contributed by atoms with Crippen LogP contribution in [0.25, 0.3) is 17.4 Å². The summed E-state index contributed by atoms with van der Waals surface area (Å²) in [6.45, 7) is 0. The minimum absolute atomic E-state index is 0.0225. The van der Waals surface area contributed by atoms with Crippen LogP contribution in [0.1, 0.15) is 11.3 Å². The molecule has 0 unspecified atom stereocenters. The van der Waals surface area contributed by atoms with E-state index in [0.717, 1.165) is 0 Å². The molecule has 1 aromatic heterocycles. The number of cyclic esters (lactones) is 1. The normalized spacial score (nSPS) is 14.7. The lowest BCUT2D eigenvalue weighted by molar-refractivity contribution is -0.384. The molecule has 4 rings (SSSR count). The Morgan fingerprint density at radius 1 is 1.00 bits per heavy atom. The molecule has 0 N–H and O–H groups in total. The average molecular weight is 464 g/mol. The SMILES string of the molecule is O=C1OC(c2ccc(Cl)c([N+](=O)[O-])c2)=N/C1=C/c1ccc(-c2ccc(Cl)cc2Cl)o1. The number of esters is 1. The third kappa shape index (κ3) is 3.95. The van der Waals surface area contributed by atoms with Gasteiger partial charge in [0.1, 0.15) is 16.5 Å². The van der Waals surface area contributed by atoms with Gasteiger partial charge in [-0.1, -0.05) is 34.8 Å². The maximum Gasteiger partial charge on any atom is 0.363 e. The van der Waals surface area contributed by atoms with Crippen molar-refractivity contribution in [3.8, 4) is 11.3 Å². The maximum atomic E-state index is 12.2. The summed E-state index contributed by atoms with van der Waals surface area (Å²) in [4.78, 5) is 26.7. The number of nitrogens with zero attached hydrogens (tertiary/aromatic N) is 2. The van der Waals surface area contributed by atoms with Crippen LogP contribution >= 0.6 is 34.8 Å². The number of aliphatic imine (C=N–C) groups is 1. The van der Waals surface area contributed by atoms with Crippen molar-refractivity contribution >= 4 is 58.4 Å². The van der Waals surface area contributed by atoms with Crippen molar-refractivity contribution in [2.75, 3.05) is 0 Å². The van der Waals surface area contributed by atoms with Crippen LogP contribution in [0.4, 0.5) is 5.69 Å². The highest BCUT2D eigenvalue weighted by atomic mass is 35.5. The standard InChI is InChI=1S/C20H9Cl3N2O5/c21-11-2-4-13(15(23)8-11)18-6-3-12(29-18)9-16-20(26)30-19(24-16)10-1-5-14(22)17(7-10)25(27)28/h1-9H/b16-9+. The lowest BCUT2D eigenvalue weighted by Gasteiger charge is -2.00. The number of halogens is 3. The topological polar surface area (TPSA) is 94.9 Å². The first kappa shape index (κ1) is 20.2. The van der Waals surface area contributed by atoms with Gasteiger partial charge >= 0.3 is 5.97 Å². The summed E-state index contributed by atoms with van der Waals surface area (Å²) in [5.74, 6) is 0.0334. The molecule has 3 aromatic rings. The molecule has 0 saturated carbocycles. The van der Waals surface area contributed by atoms with Crippen molar-refractivity contribution in [3.05, 3.63) is 90.7 Å². The van der Waals surface area contributed by atoms with Crippen molar-refractivity contribution < 1.29 is 18.9 Å². The van der Waals surface area contributed by atoms with Gasteiger partial charge in [0.05, 0.1) is 9.95 Å². The summed E-state index contributed by atoms with van der Waals surface area (Å²) < 4.78 is 10.9. The van der Waals surface area contributed by atoms with Gasteiger partial charge in [0.15, 0.2) is 5.70 Å². The molecule has 10 heteroatoms. The Bertz CT molecular complexity index is 1260. The second-order valence-corrected chi connectivity index (χ2v) is 7.34. The van der Waals surface area contributed by atoms with Crippen LogP contribution in [0.5, 0.6) is 0 Å². The number of hydrogen-bond acceptors (Lipinski definition) is 6. The quantitative estimate of drug-likeness (QED) is 0.200. The monoisotopic (exact) mass is 462 g/mol. The molecule has 0 radical (unpaired) electrons. The second kappa shape index (κ2) is 7.95. The van der Waals surface area contributed by atoms with E-state index in [9.17, 15) is 14.9 Å². The number of hydrogen-bond donors (Lipinski definition) is 0. The van der Waals surface area contributed by atoms with Crippen LogP contribution in [0, 0.1) is 10.1 Å². The molecule has 0 atom stereocenters. The molecule has 0 aliphatic carbocycles. The summed E-state index contributed by atoms with van der Waals surface area (Å²) >= 11 is 17.9. The van der Waals surface area contributed by atoms with Crippen LogP contribution in [0.15, 0.2) is 63.6 Å². The molecule has 0 amide bonds. The zero-order chi connectivity index (χ0) is 21.4. The zero-order valence-corrected chi connectivity index (χ0v) is 17.0. The maximum absolute atomic E-state index is 12.2. The van der Waals surface area contributed by atoms with Gasteiger partial charge in [0, 0.05) is 28.3 Å². The minimum Gasteiger partial charge on any atom is -0.457 e. The fraction of sp³-hybridized carbons (Fsp3) is 0. The Morgan fingerprint density at radius 2 is 1.80 bits per heavy atom. The lowest BCUT2D eigenvalue weighted by Crippen LogP contribution is -2.06. The molecule has 150 valence electrons. The number of rotatable bonds is 4. The number of carbonyl (C=O) groups is 1. The van der Waals surface area contributed by atoms with E-state index in [2.05, 4.69) is 4.99 Å². The van der Waals surface area contributed by atoms with Gasteiger partial charge in [0.25, 0.3) is 5.69 Å². The van der Waals surface area contributed by atoms with E-state index in [-0.39, 0.29) is 27.9 Å². The number of ether oxygens (including phenoxy) is 1. The van der Waals surface area contributed by atoms with Crippen molar-refractivity contribution in [2.24, 2.45) is 4.99 Å². The largest absolute Gasteiger partial charge is 0.457 e. The molecular weight excluding hydrogens is 455 g/mol. The highest BCUT2D eigenvalue weighted by Gasteiger charge is 2.26. The zero-order valence-electron chi connectivity index (χ0n) is 14.8. The molecule has 0 bridgehead atoms. The molecular formula is C20H9Cl3N2O5. The third-order valence-electron chi connectivity index (χ3n) is 4.11. The van der Waals surface area contributed by atoms with Crippen LogP contribution in [0.3, 0.4) is 0 Å². The molecule has 2 heterocycles. The van der Waals surface area contributed by atoms with E-state index < -0.39 is 10.9 Å². The van der Waals surface area contributed by atoms with Crippen LogP contribution < -0.4 is 0 Å². The molecule has 7 nitrogen and oxygen atoms in total. The summed E-state index contributed by atoms with van der Waals surface area (Å²) in [6, 6.07) is 12.3. The van der Waals surface area contributed by atoms with Gasteiger partial charge in [-0.05, 0) is 42.5 Å². The Balaban J connectivity index is 1.64. The smallest absolute Gasteiger partial charge is 0.363 e. The Hall–Kier alpha value is -3.13. The van der Waals surface area contributed by atoms with E-state index in [4.69, 9.17) is 44.0 Å². The lowest BCUT2D eigenvalue weighted by atomic mass is 10.2. The van der Waals surface area contributed by atoms with E-state index in [0.29, 0.717) is 27.1 Å². The molecule has 1 aliphatic rings. The highest BCUT2D eigenvalue weighted by molar-refractivity contribution is 6.36. The fourth-order valence-corrected chi connectivity index (χ4v) is 3.41. The van der Waals surface area contributed by atoms with Gasteiger partial charge in [-0.25, -0.2) is 9.79 Å². The number of nitro benzene ring substituents is 1. The van der Waals surface area contributed by atoms with Crippen LogP contribution in [0.2, 0.25) is 15.1 Å². The average Bonchev–Trinajstić information content (AvgIpc) is 3.29. The number of carbonyl (C=O) groups excluding carboxylic acids is 1. The molecule has 30 heavy (non-hydrogen) atoms. The summed E-state index contributed by atoms with van der Waals surface area (Å²) in [7, 11) is 0. The highest BCUT2D eigenvalue weighted by Crippen LogP contribution is 2.32. The number of furan rings is 1. The van der Waals surface area contributed by atoms with Gasteiger partial charge in [-0.2, -0.15) is 0 Å². The molecule has 0 fully saturated rings. The summed E-state index contributed by atoms with van der Waals surface area (Å²) in [5.41, 5.74) is 0.542. The van der Waals surface area contributed by atoms with Gasteiger partial charge in [0.2, 0.25) is 5.90 Å². The summed E-state index contributed by atoms with van der Waals surface area (Å²) in [5, 5.41) is 11.9. The molecule has 0 spiro atoms. The van der Waals surface area contributed by atoms with E-state index in [1.54, 1.807) is 30.3 Å². The van der Waals surface area contributed by atoms with E-state index in [1.165, 1.54) is 24.3 Å². The molecule has 1 aliphatic heterocycles. The van der Waals surface area contributed by atoms with Gasteiger partial charge in [-0.3, -0.25) is 10.1 Å². The Morgan fingerprint density at radius 3 is 2.53 bits per heavy atom. The fourth-order valence-electron chi connectivity index (χ4n) is 2.72. The first-order valence-electron chi connectivity index (χ1n) is 8.34. The Labute approximate surface area is 184 Å². The van der Waals surface area contributed by atoms with Crippen molar-refractivity contribution in [1.82, 2.24) is 0 Å². The Kier molecular flexibility index (Phi) is 5.34. The van der Waals surface area contributed by atoms with Gasteiger partial charge in [-0.15, -0.1) is 0 Å². The van der Waals surface area contributed by atoms with E-state index in [1.807, 2.05) is 0 Å². The first-order chi connectivity index (χ1) is 14.3. The van der Waals surface area contributed by atoms with Gasteiger partial charge < -0.3 is 9.15 Å². The number of benzene rings is 2. The second-order valence-electron chi connectivity index (χ2n) is 6.09. The third-order valence-corrected chi connectivity index (χ3v) is 4.98. The molecule has 0 saturated heterocycles. The number of nitro groups is 1. The van der Waals surface area contributed by atoms with Crippen molar-refractivity contribution in [2.45, 2.75) is 0 Å². The minimum atomic E-state index is -0.718. The van der Waals surface area contributed by atoms with Crippen LogP contribution in [-0.4, -0.2) is 16.8 Å². The predicted octanol–water partition coefficient (Wildman–Crippen LogP) is 6.16.